The molecule has 0 unspecified atom stereocenters. The molecule has 5 nitrogen and oxygen atoms in total. The van der Waals surface area contributed by atoms with E-state index in [-0.39, 0.29) is 15.6 Å². The maximum absolute atomic E-state index is 13.4. The molecule has 0 saturated carbocycles. The minimum atomic E-state index is -0.784. The number of nitro groups is 1. The zero-order valence-electron chi connectivity index (χ0n) is 11.3. The lowest BCUT2D eigenvalue weighted by Crippen LogP contribution is -1.97. The molecule has 118 valence electrons. The lowest BCUT2D eigenvalue weighted by Gasteiger charge is -2.02. The van der Waals surface area contributed by atoms with E-state index in [0.29, 0.717) is 5.56 Å². The topological polar surface area (TPSA) is 80.4 Å². The Bertz CT molecular complexity index is 836. The van der Waals surface area contributed by atoms with Crippen LogP contribution < -0.4 is 0 Å². The van der Waals surface area contributed by atoms with Crippen molar-refractivity contribution >= 4 is 40.7 Å². The van der Waals surface area contributed by atoms with Gasteiger partial charge < -0.3 is 5.11 Å². The number of phenols is 1. The third-order valence-electron chi connectivity index (χ3n) is 2.90. The van der Waals surface area contributed by atoms with Gasteiger partial charge in [0.2, 0.25) is 0 Å². The summed E-state index contributed by atoms with van der Waals surface area (Å²) in [5.74, 6) is -1.87. The van der Waals surface area contributed by atoms with Crippen molar-refractivity contribution in [1.29, 1.82) is 0 Å². The molecule has 0 aliphatic rings. The second-order valence-corrected chi connectivity index (χ2v) is 5.26. The molecule has 0 radical (unpaired) electrons. The number of rotatable bonds is 4. The van der Waals surface area contributed by atoms with Gasteiger partial charge >= 0.3 is 5.69 Å². The third-order valence-corrected chi connectivity index (χ3v) is 3.50. The fourth-order valence-electron chi connectivity index (χ4n) is 1.76. The second-order valence-electron chi connectivity index (χ2n) is 4.45. The van der Waals surface area contributed by atoms with Gasteiger partial charge in [0.25, 0.3) is 0 Å². The molecule has 0 aliphatic carbocycles. The monoisotopic (exact) mass is 355 g/mol. The van der Waals surface area contributed by atoms with Crippen molar-refractivity contribution in [2.75, 3.05) is 0 Å². The van der Waals surface area contributed by atoms with Gasteiger partial charge in [-0.1, -0.05) is 35.3 Å². The number of carbonyl (C=O) groups excluding carboxylic acids is 1. The van der Waals surface area contributed by atoms with Crippen molar-refractivity contribution in [3.63, 3.8) is 0 Å². The Morgan fingerprint density at radius 3 is 2.57 bits per heavy atom. The number of aromatic hydroxyl groups is 1. The molecular weight excluding hydrogens is 348 g/mol. The van der Waals surface area contributed by atoms with E-state index in [1.807, 2.05) is 0 Å². The van der Waals surface area contributed by atoms with Gasteiger partial charge in [-0.05, 0) is 29.8 Å². The lowest BCUT2D eigenvalue weighted by atomic mass is 10.1. The fraction of sp³-hybridized carbons (Fsp3) is 0. The van der Waals surface area contributed by atoms with Crippen molar-refractivity contribution < 1.29 is 19.2 Å². The van der Waals surface area contributed by atoms with Crippen molar-refractivity contribution in [2.24, 2.45) is 0 Å². The van der Waals surface area contributed by atoms with Crippen LogP contribution in [-0.2, 0) is 0 Å². The maximum atomic E-state index is 13.4. The van der Waals surface area contributed by atoms with Gasteiger partial charge in [-0.2, -0.15) is 0 Å². The second kappa shape index (κ2) is 6.76. The number of phenolic OH excluding ortho intramolecular Hbond substituents is 1. The molecule has 0 amide bonds. The molecular formula is C15H8Cl2FNO4. The SMILES string of the molecule is O=C(/C=C/c1ccc(O)c([N+](=O)[O-])c1)c1cc(F)c(Cl)cc1Cl. The quantitative estimate of drug-likeness (QED) is 0.284. The van der Waals surface area contributed by atoms with Crippen LogP contribution in [0.1, 0.15) is 15.9 Å². The molecule has 2 aromatic rings. The van der Waals surface area contributed by atoms with Gasteiger partial charge in [-0.3, -0.25) is 14.9 Å². The number of halogens is 3. The van der Waals surface area contributed by atoms with Crippen molar-refractivity contribution in [1.82, 2.24) is 0 Å². The smallest absolute Gasteiger partial charge is 0.311 e. The molecule has 0 heterocycles. The summed E-state index contributed by atoms with van der Waals surface area (Å²) in [6, 6.07) is 5.65. The predicted octanol–water partition coefficient (Wildman–Crippen LogP) is 4.64. The van der Waals surface area contributed by atoms with Gasteiger partial charge in [0, 0.05) is 11.6 Å². The summed E-state index contributed by atoms with van der Waals surface area (Å²) in [6.45, 7) is 0. The Kier molecular flexibility index (Phi) is 4.98. The molecule has 0 atom stereocenters. The highest BCUT2D eigenvalue weighted by atomic mass is 35.5. The number of nitro benzene ring substituents is 1. The Morgan fingerprint density at radius 1 is 1.22 bits per heavy atom. The molecule has 0 saturated heterocycles. The van der Waals surface area contributed by atoms with Gasteiger partial charge in [0.15, 0.2) is 11.5 Å². The molecule has 8 heteroatoms. The summed E-state index contributed by atoms with van der Waals surface area (Å²) >= 11 is 11.4. The van der Waals surface area contributed by atoms with Crippen LogP contribution in [0.4, 0.5) is 10.1 Å². The van der Waals surface area contributed by atoms with E-state index in [1.165, 1.54) is 12.1 Å². The number of allylic oxidation sites excluding steroid dienone is 1. The Morgan fingerprint density at radius 2 is 1.91 bits per heavy atom. The predicted molar refractivity (Wildman–Crippen MR) is 84.5 cm³/mol. The highest BCUT2D eigenvalue weighted by Crippen LogP contribution is 2.27. The summed E-state index contributed by atoms with van der Waals surface area (Å²) in [5.41, 5.74) is -0.262. The highest BCUT2D eigenvalue weighted by Gasteiger charge is 2.14. The first-order valence-corrected chi connectivity index (χ1v) is 6.89. The maximum Gasteiger partial charge on any atom is 0.311 e. The van der Waals surface area contributed by atoms with E-state index in [1.54, 1.807) is 0 Å². The Labute approximate surface area is 139 Å². The van der Waals surface area contributed by atoms with Gasteiger partial charge in [-0.15, -0.1) is 0 Å². The van der Waals surface area contributed by atoms with Crippen LogP contribution in [-0.4, -0.2) is 15.8 Å². The van der Waals surface area contributed by atoms with E-state index in [4.69, 9.17) is 23.2 Å². The summed E-state index contributed by atoms with van der Waals surface area (Å²) in [5, 5.41) is 19.9. The Balaban J connectivity index is 2.30. The third kappa shape index (κ3) is 3.85. The van der Waals surface area contributed by atoms with E-state index < -0.39 is 28.0 Å². The molecule has 2 aromatic carbocycles. The van der Waals surface area contributed by atoms with E-state index >= 15 is 0 Å². The van der Waals surface area contributed by atoms with Crippen LogP contribution in [0.25, 0.3) is 6.08 Å². The number of carbonyl (C=O) groups is 1. The average molecular weight is 356 g/mol. The highest BCUT2D eigenvalue weighted by molar-refractivity contribution is 6.37. The van der Waals surface area contributed by atoms with Gasteiger partial charge in [-0.25, -0.2) is 4.39 Å². The standard InChI is InChI=1S/C15H8Cl2FNO4/c16-10-7-11(17)12(18)6-9(10)14(20)3-1-8-2-4-15(21)13(5-8)19(22)23/h1-7,21H/b3-1+. The van der Waals surface area contributed by atoms with Crippen molar-refractivity contribution in [2.45, 2.75) is 0 Å². The molecule has 2 rings (SSSR count). The normalized spacial score (nSPS) is 10.9. The summed E-state index contributed by atoms with van der Waals surface area (Å²) < 4.78 is 13.4. The van der Waals surface area contributed by atoms with Crippen LogP contribution in [0.15, 0.2) is 36.4 Å². The largest absolute Gasteiger partial charge is 0.502 e. The number of hydrogen-bond donors (Lipinski definition) is 1. The van der Waals surface area contributed by atoms with Crippen molar-refractivity contribution in [3.8, 4) is 5.75 Å². The molecule has 0 bridgehead atoms. The Hall–Kier alpha value is -2.44. The molecule has 1 N–H and O–H groups in total. The molecule has 0 aliphatic heterocycles. The van der Waals surface area contributed by atoms with E-state index in [9.17, 15) is 24.4 Å². The zero-order chi connectivity index (χ0) is 17.1. The minimum absolute atomic E-state index is 0.0114. The summed E-state index contributed by atoms with van der Waals surface area (Å²) in [7, 11) is 0. The molecule has 0 aromatic heterocycles. The van der Waals surface area contributed by atoms with Gasteiger partial charge in [0.05, 0.1) is 15.0 Å². The average Bonchev–Trinajstić information content (AvgIpc) is 2.49. The number of benzene rings is 2. The minimum Gasteiger partial charge on any atom is -0.502 e. The van der Waals surface area contributed by atoms with Crippen LogP contribution in [0, 0.1) is 15.9 Å². The number of nitrogens with zero attached hydrogens (tertiary/aromatic N) is 1. The van der Waals surface area contributed by atoms with Crippen LogP contribution >= 0.6 is 23.2 Å². The zero-order valence-corrected chi connectivity index (χ0v) is 12.8. The van der Waals surface area contributed by atoms with Crippen molar-refractivity contribution in [3.05, 3.63) is 73.5 Å². The summed E-state index contributed by atoms with van der Waals surface area (Å²) in [6.07, 6.45) is 2.38. The first kappa shape index (κ1) is 16.9. The van der Waals surface area contributed by atoms with E-state index in [0.717, 1.165) is 30.3 Å². The molecule has 23 heavy (non-hydrogen) atoms. The van der Waals surface area contributed by atoms with Crippen LogP contribution in [0.2, 0.25) is 10.0 Å². The van der Waals surface area contributed by atoms with E-state index in [2.05, 4.69) is 0 Å². The fourth-order valence-corrected chi connectivity index (χ4v) is 2.24. The van der Waals surface area contributed by atoms with Crippen LogP contribution in [0.3, 0.4) is 0 Å². The number of ketones is 1. The molecule has 0 spiro atoms. The first-order chi connectivity index (χ1) is 10.8. The summed E-state index contributed by atoms with van der Waals surface area (Å²) in [4.78, 5) is 22.0. The molecule has 0 fully saturated rings. The first-order valence-electron chi connectivity index (χ1n) is 6.14. The van der Waals surface area contributed by atoms with Gasteiger partial charge in [0.1, 0.15) is 5.82 Å². The lowest BCUT2D eigenvalue weighted by molar-refractivity contribution is -0.385. The number of hydrogen-bond acceptors (Lipinski definition) is 4. The van der Waals surface area contributed by atoms with Crippen LogP contribution in [0.5, 0.6) is 5.75 Å².